The number of hydrogen-bond acceptors (Lipinski definition) is 4. The van der Waals surface area contributed by atoms with Gasteiger partial charge in [0.25, 0.3) is 5.96 Å². The first-order valence-corrected chi connectivity index (χ1v) is 7.89. The van der Waals surface area contributed by atoms with Crippen molar-refractivity contribution in [2.45, 2.75) is 26.3 Å². The molecule has 1 saturated heterocycles. The normalized spacial score (nSPS) is 17.8. The molecule has 1 aliphatic rings. The molecule has 0 saturated carbocycles. The molecule has 0 bridgehead atoms. The lowest BCUT2D eigenvalue weighted by Gasteiger charge is -2.42. The van der Waals surface area contributed by atoms with Crippen molar-refractivity contribution in [2.24, 2.45) is 5.10 Å². The first-order valence-electron chi connectivity index (χ1n) is 7.51. The predicted octanol–water partition coefficient (Wildman–Crippen LogP) is 2.05. The van der Waals surface area contributed by atoms with Crippen LogP contribution in [-0.2, 0) is 6.54 Å². The van der Waals surface area contributed by atoms with Crippen LogP contribution in [0.1, 0.15) is 25.3 Å². The lowest BCUT2D eigenvalue weighted by atomic mass is 10.2. The van der Waals surface area contributed by atoms with E-state index in [-0.39, 0.29) is 0 Å². The molecule has 0 aromatic carbocycles. The Hall–Kier alpha value is -1.93. The molecule has 9 heteroatoms. The van der Waals surface area contributed by atoms with Gasteiger partial charge in [-0.2, -0.15) is 0 Å². The van der Waals surface area contributed by atoms with Crippen LogP contribution < -0.4 is 0 Å². The Labute approximate surface area is 140 Å². The summed E-state index contributed by atoms with van der Waals surface area (Å²) in [6.45, 7) is 4.52. The molecular weight excluding hydrogens is 320 g/mol. The fraction of sp³-hybridized carbons (Fsp3) is 0.571. The van der Waals surface area contributed by atoms with E-state index in [1.165, 1.54) is 0 Å². The van der Waals surface area contributed by atoms with Crippen molar-refractivity contribution < 1.29 is 5.03 Å². The van der Waals surface area contributed by atoms with Crippen LogP contribution in [0, 0.1) is 10.1 Å². The molecule has 2 heterocycles. The van der Waals surface area contributed by atoms with Crippen LogP contribution in [0.2, 0.25) is 5.15 Å². The second-order valence-electron chi connectivity index (χ2n) is 5.58. The summed E-state index contributed by atoms with van der Waals surface area (Å²) in [4.78, 5) is 20.9. The number of nitrogens with zero attached hydrogens (tertiary/aromatic N) is 6. The standard InChI is InChI=1S/C14H21ClN6O2/c1-3-4-7-19-10-18(2)11-20(14(19)17-21(22)23)9-12-5-6-13(15)16-8-12/h5-6,8H,3-4,7,9-11H2,1-2H3/b17-14+. The summed E-state index contributed by atoms with van der Waals surface area (Å²) in [5, 5.41) is 14.3. The number of nitro groups is 1. The average molecular weight is 341 g/mol. The molecule has 1 aliphatic heterocycles. The molecule has 0 spiro atoms. The van der Waals surface area contributed by atoms with Crippen LogP contribution >= 0.6 is 11.6 Å². The molecule has 0 aliphatic carbocycles. The zero-order valence-corrected chi connectivity index (χ0v) is 14.1. The summed E-state index contributed by atoms with van der Waals surface area (Å²) in [6.07, 6.45) is 3.66. The fourth-order valence-electron chi connectivity index (χ4n) is 2.51. The quantitative estimate of drug-likeness (QED) is 0.448. The van der Waals surface area contributed by atoms with E-state index in [0.29, 0.717) is 31.0 Å². The average Bonchev–Trinajstić information content (AvgIpc) is 2.50. The zero-order chi connectivity index (χ0) is 16.8. The molecular formula is C14H21ClN6O2. The van der Waals surface area contributed by atoms with E-state index in [2.05, 4.69) is 21.9 Å². The van der Waals surface area contributed by atoms with E-state index >= 15 is 0 Å². The number of unbranched alkanes of at least 4 members (excludes halogenated alkanes) is 1. The van der Waals surface area contributed by atoms with Crippen molar-refractivity contribution in [1.82, 2.24) is 19.7 Å². The van der Waals surface area contributed by atoms with Gasteiger partial charge in [0.15, 0.2) is 5.03 Å². The van der Waals surface area contributed by atoms with Gasteiger partial charge in [0.05, 0.1) is 13.3 Å². The fourth-order valence-corrected chi connectivity index (χ4v) is 2.63. The third kappa shape index (κ3) is 5.04. The van der Waals surface area contributed by atoms with Gasteiger partial charge in [-0.15, -0.1) is 0 Å². The molecule has 23 heavy (non-hydrogen) atoms. The van der Waals surface area contributed by atoms with E-state index in [1.807, 2.05) is 22.9 Å². The molecule has 1 fully saturated rings. The first kappa shape index (κ1) is 17.4. The maximum Gasteiger partial charge on any atom is 0.276 e. The molecule has 126 valence electrons. The summed E-state index contributed by atoms with van der Waals surface area (Å²) < 4.78 is 0. The van der Waals surface area contributed by atoms with Crippen LogP contribution in [0.4, 0.5) is 0 Å². The van der Waals surface area contributed by atoms with E-state index < -0.39 is 5.03 Å². The number of aromatic nitrogens is 1. The zero-order valence-electron chi connectivity index (χ0n) is 13.4. The molecule has 0 N–H and O–H groups in total. The molecule has 8 nitrogen and oxygen atoms in total. The SMILES string of the molecule is CCCCN1CN(C)CN(Cc2ccc(Cl)nc2)/C1=N/[N+](=O)[O-]. The van der Waals surface area contributed by atoms with E-state index in [1.54, 1.807) is 12.3 Å². The number of hydrazone groups is 1. The smallest absolute Gasteiger partial charge is 0.276 e. The van der Waals surface area contributed by atoms with Gasteiger partial charge in [-0.1, -0.05) is 31.0 Å². The number of halogens is 1. The Kier molecular flexibility index (Phi) is 6.12. The molecule has 2 rings (SSSR count). The van der Waals surface area contributed by atoms with Crippen LogP contribution in [-0.4, -0.2) is 57.6 Å². The monoisotopic (exact) mass is 340 g/mol. The lowest BCUT2D eigenvalue weighted by Crippen LogP contribution is -2.57. The molecule has 0 atom stereocenters. The van der Waals surface area contributed by atoms with Gasteiger partial charge in [-0.05, 0) is 25.1 Å². The summed E-state index contributed by atoms with van der Waals surface area (Å²) in [6, 6.07) is 3.58. The molecule has 0 amide bonds. The summed E-state index contributed by atoms with van der Waals surface area (Å²) in [5.74, 6) is 0.400. The van der Waals surface area contributed by atoms with Crippen LogP contribution in [0.15, 0.2) is 23.4 Å². The maximum absolute atomic E-state index is 10.9. The first-order chi connectivity index (χ1) is 11.0. The van der Waals surface area contributed by atoms with Gasteiger partial charge in [0.1, 0.15) is 10.3 Å². The Morgan fingerprint density at radius 2 is 2.13 bits per heavy atom. The van der Waals surface area contributed by atoms with Crippen LogP contribution in [0.3, 0.4) is 0 Å². The number of hydrogen-bond donors (Lipinski definition) is 0. The van der Waals surface area contributed by atoms with Crippen molar-refractivity contribution >= 4 is 17.6 Å². The highest BCUT2D eigenvalue weighted by molar-refractivity contribution is 6.29. The Morgan fingerprint density at radius 1 is 1.39 bits per heavy atom. The largest absolute Gasteiger partial charge is 0.324 e. The number of rotatable bonds is 6. The third-order valence-electron chi connectivity index (χ3n) is 3.50. The van der Waals surface area contributed by atoms with Gasteiger partial charge in [-0.3, -0.25) is 4.90 Å². The highest BCUT2D eigenvalue weighted by atomic mass is 35.5. The second kappa shape index (κ2) is 8.07. The van der Waals surface area contributed by atoms with E-state index in [0.717, 1.165) is 24.9 Å². The molecule has 0 unspecified atom stereocenters. The minimum atomic E-state index is -0.632. The van der Waals surface area contributed by atoms with Crippen molar-refractivity contribution in [3.05, 3.63) is 39.2 Å². The van der Waals surface area contributed by atoms with E-state index in [9.17, 15) is 10.1 Å². The minimum absolute atomic E-state index is 0.400. The summed E-state index contributed by atoms with van der Waals surface area (Å²) in [5.41, 5.74) is 0.927. The van der Waals surface area contributed by atoms with Crippen molar-refractivity contribution in [1.29, 1.82) is 0 Å². The molecule has 1 aromatic heterocycles. The van der Waals surface area contributed by atoms with Crippen LogP contribution in [0.5, 0.6) is 0 Å². The van der Waals surface area contributed by atoms with Crippen molar-refractivity contribution in [2.75, 3.05) is 26.9 Å². The van der Waals surface area contributed by atoms with Crippen molar-refractivity contribution in [3.8, 4) is 0 Å². The third-order valence-corrected chi connectivity index (χ3v) is 3.73. The van der Waals surface area contributed by atoms with Gasteiger partial charge in [0.2, 0.25) is 0 Å². The number of pyridine rings is 1. The Morgan fingerprint density at radius 3 is 2.74 bits per heavy atom. The second-order valence-corrected chi connectivity index (χ2v) is 5.97. The maximum atomic E-state index is 10.9. The van der Waals surface area contributed by atoms with Crippen LogP contribution in [0.25, 0.3) is 0 Å². The Bertz CT molecular complexity index is 565. The summed E-state index contributed by atoms with van der Waals surface area (Å²) in [7, 11) is 1.98. The van der Waals surface area contributed by atoms with Gasteiger partial charge < -0.3 is 9.80 Å². The highest BCUT2D eigenvalue weighted by Gasteiger charge is 2.29. The molecule has 0 radical (unpaired) electrons. The Balaban J connectivity index is 2.21. The van der Waals surface area contributed by atoms with Crippen molar-refractivity contribution in [3.63, 3.8) is 0 Å². The minimum Gasteiger partial charge on any atom is -0.324 e. The number of guanidine groups is 1. The van der Waals surface area contributed by atoms with Gasteiger partial charge in [-0.25, -0.2) is 15.1 Å². The molecule has 1 aromatic rings. The topological polar surface area (TPSA) is 78.1 Å². The van der Waals surface area contributed by atoms with Gasteiger partial charge >= 0.3 is 0 Å². The van der Waals surface area contributed by atoms with E-state index in [4.69, 9.17) is 11.6 Å². The lowest BCUT2D eigenvalue weighted by molar-refractivity contribution is -0.486. The van der Waals surface area contributed by atoms with Gasteiger partial charge in [0, 0.05) is 19.3 Å². The predicted molar refractivity (Wildman–Crippen MR) is 88.3 cm³/mol. The summed E-state index contributed by atoms with van der Waals surface area (Å²) >= 11 is 5.80. The highest BCUT2D eigenvalue weighted by Crippen LogP contribution is 2.15.